The first-order valence-corrected chi connectivity index (χ1v) is 12.7. The molecule has 0 saturated heterocycles. The Kier molecular flexibility index (Phi) is 6.18. The Morgan fingerprint density at radius 1 is 0.909 bits per heavy atom. The van der Waals surface area contributed by atoms with Crippen LogP contribution in [-0.2, 0) is 0 Å². The van der Waals surface area contributed by atoms with Gasteiger partial charge < -0.3 is 5.32 Å². The molecule has 0 atom stereocenters. The number of anilines is 1. The van der Waals surface area contributed by atoms with Crippen LogP contribution < -0.4 is 5.32 Å². The number of fused-ring (bicyclic) bond motifs is 1. The van der Waals surface area contributed by atoms with Gasteiger partial charge in [-0.15, -0.1) is 23.1 Å². The Labute approximate surface area is 205 Å². The zero-order chi connectivity index (χ0) is 22.8. The highest BCUT2D eigenvalue weighted by molar-refractivity contribution is 7.98. The molecule has 0 aliphatic heterocycles. The summed E-state index contributed by atoms with van der Waals surface area (Å²) in [6, 6.07) is 29.4. The van der Waals surface area contributed by atoms with Gasteiger partial charge in [-0.1, -0.05) is 54.1 Å². The van der Waals surface area contributed by atoms with Crippen molar-refractivity contribution in [2.24, 2.45) is 0 Å². The number of hydrogen-bond acceptors (Lipinski definition) is 4. The number of thioether (sulfide) groups is 1. The van der Waals surface area contributed by atoms with Crippen LogP contribution in [0.3, 0.4) is 0 Å². The van der Waals surface area contributed by atoms with Crippen LogP contribution in [0.5, 0.6) is 0 Å². The molecular formula is C27H19ClN2OS2. The monoisotopic (exact) mass is 486 g/mol. The van der Waals surface area contributed by atoms with E-state index in [4.69, 9.17) is 16.6 Å². The lowest BCUT2D eigenvalue weighted by Gasteiger charge is -2.13. The van der Waals surface area contributed by atoms with Gasteiger partial charge >= 0.3 is 0 Å². The van der Waals surface area contributed by atoms with Crippen LogP contribution in [0.4, 0.5) is 5.69 Å². The van der Waals surface area contributed by atoms with Crippen molar-refractivity contribution < 1.29 is 4.79 Å². The van der Waals surface area contributed by atoms with Crippen LogP contribution in [0.1, 0.15) is 10.4 Å². The number of benzene rings is 4. The first kappa shape index (κ1) is 21.7. The molecule has 0 spiro atoms. The van der Waals surface area contributed by atoms with Crippen molar-refractivity contribution in [1.82, 2.24) is 4.98 Å². The first-order valence-electron chi connectivity index (χ1n) is 10.3. The fraction of sp³-hybridized carbons (Fsp3) is 0.0370. The van der Waals surface area contributed by atoms with Crippen molar-refractivity contribution in [3.8, 4) is 21.7 Å². The summed E-state index contributed by atoms with van der Waals surface area (Å²) in [5, 5.41) is 4.47. The molecule has 4 aromatic carbocycles. The van der Waals surface area contributed by atoms with Crippen LogP contribution in [0, 0.1) is 0 Å². The maximum absolute atomic E-state index is 13.3. The molecule has 0 bridgehead atoms. The van der Waals surface area contributed by atoms with E-state index in [-0.39, 0.29) is 5.91 Å². The van der Waals surface area contributed by atoms with E-state index in [1.807, 2.05) is 85.1 Å². The van der Waals surface area contributed by atoms with Crippen LogP contribution in [-0.4, -0.2) is 17.1 Å². The standard InChI is InChI=1S/C27H19ClN2OS2/c1-32-19-12-13-20(21(16-19)17-7-3-2-4-8-17)26(31)29-18-11-14-23(28)22(15-18)27-30-24-9-5-6-10-25(24)33-27/h2-16H,1H3,(H,29,31). The Bertz CT molecular complexity index is 1430. The molecule has 3 nitrogen and oxygen atoms in total. The third kappa shape index (κ3) is 4.53. The number of para-hydroxylation sites is 1. The van der Waals surface area contributed by atoms with Gasteiger partial charge in [0.1, 0.15) is 5.01 Å². The number of amides is 1. The molecule has 1 amide bonds. The molecule has 1 aromatic heterocycles. The third-order valence-corrected chi connectivity index (χ3v) is 7.43. The van der Waals surface area contributed by atoms with Gasteiger partial charge in [-0.3, -0.25) is 4.79 Å². The molecule has 1 heterocycles. The van der Waals surface area contributed by atoms with Gasteiger partial charge in [-0.05, 0) is 65.9 Å². The molecule has 0 fully saturated rings. The average molecular weight is 487 g/mol. The number of hydrogen-bond donors (Lipinski definition) is 1. The normalized spacial score (nSPS) is 11.0. The van der Waals surface area contributed by atoms with Crippen LogP contribution in [0.2, 0.25) is 5.02 Å². The summed E-state index contributed by atoms with van der Waals surface area (Å²) >= 11 is 9.74. The SMILES string of the molecule is CSc1ccc(C(=O)Nc2ccc(Cl)c(-c3nc4ccccc4s3)c2)c(-c2ccccc2)c1. The summed E-state index contributed by atoms with van der Waals surface area (Å²) in [6.07, 6.45) is 2.03. The summed E-state index contributed by atoms with van der Waals surface area (Å²) < 4.78 is 1.10. The maximum atomic E-state index is 13.3. The number of halogens is 1. The van der Waals surface area contributed by atoms with E-state index in [1.165, 1.54) is 0 Å². The lowest BCUT2D eigenvalue weighted by Crippen LogP contribution is -2.13. The molecule has 0 unspecified atom stereocenters. The summed E-state index contributed by atoms with van der Waals surface area (Å²) in [5.74, 6) is -0.168. The molecule has 6 heteroatoms. The number of rotatable bonds is 5. The summed E-state index contributed by atoms with van der Waals surface area (Å²) in [4.78, 5) is 19.1. The second-order valence-corrected chi connectivity index (χ2v) is 9.73. The van der Waals surface area contributed by atoms with E-state index >= 15 is 0 Å². The number of carbonyl (C=O) groups excluding carboxylic acids is 1. The highest BCUT2D eigenvalue weighted by Gasteiger charge is 2.16. The van der Waals surface area contributed by atoms with Crippen molar-refractivity contribution in [3.63, 3.8) is 0 Å². The van der Waals surface area contributed by atoms with Gasteiger partial charge in [-0.2, -0.15) is 0 Å². The van der Waals surface area contributed by atoms with E-state index < -0.39 is 0 Å². The minimum absolute atomic E-state index is 0.168. The Morgan fingerprint density at radius 3 is 2.48 bits per heavy atom. The zero-order valence-corrected chi connectivity index (χ0v) is 20.1. The highest BCUT2D eigenvalue weighted by Crippen LogP contribution is 2.36. The first-order chi connectivity index (χ1) is 16.1. The van der Waals surface area contributed by atoms with Crippen molar-refractivity contribution in [1.29, 1.82) is 0 Å². The molecule has 5 rings (SSSR count). The average Bonchev–Trinajstić information content (AvgIpc) is 3.29. The molecule has 5 aromatic rings. The van der Waals surface area contributed by atoms with Crippen LogP contribution >= 0.6 is 34.7 Å². The van der Waals surface area contributed by atoms with E-state index in [0.717, 1.165) is 36.8 Å². The third-order valence-electron chi connectivity index (χ3n) is 5.30. The van der Waals surface area contributed by atoms with Gasteiger partial charge in [0.25, 0.3) is 5.91 Å². The van der Waals surface area contributed by atoms with E-state index in [2.05, 4.69) is 11.4 Å². The van der Waals surface area contributed by atoms with Crippen LogP contribution in [0.15, 0.2) is 95.9 Å². The van der Waals surface area contributed by atoms with Crippen molar-refractivity contribution in [2.45, 2.75) is 4.90 Å². The zero-order valence-electron chi connectivity index (χ0n) is 17.7. The fourth-order valence-electron chi connectivity index (χ4n) is 3.66. The number of nitrogens with one attached hydrogen (secondary N) is 1. The van der Waals surface area contributed by atoms with Crippen molar-refractivity contribution in [3.05, 3.63) is 102 Å². The molecule has 0 aliphatic rings. The molecule has 1 N–H and O–H groups in total. The quantitative estimate of drug-likeness (QED) is 0.254. The predicted octanol–water partition coefficient (Wildman–Crippen LogP) is 8.26. The number of aromatic nitrogens is 1. The molecule has 33 heavy (non-hydrogen) atoms. The van der Waals surface area contributed by atoms with E-state index in [1.54, 1.807) is 29.2 Å². The highest BCUT2D eigenvalue weighted by atomic mass is 35.5. The van der Waals surface area contributed by atoms with Gasteiger partial charge in [0.15, 0.2) is 0 Å². The van der Waals surface area contributed by atoms with Crippen molar-refractivity contribution in [2.75, 3.05) is 11.6 Å². The molecule has 162 valence electrons. The minimum Gasteiger partial charge on any atom is -0.322 e. The molecular weight excluding hydrogens is 468 g/mol. The molecule has 0 aliphatic carbocycles. The topological polar surface area (TPSA) is 42.0 Å². The Hall–Kier alpha value is -3.12. The molecule has 0 radical (unpaired) electrons. The van der Waals surface area contributed by atoms with Crippen LogP contribution in [0.25, 0.3) is 31.9 Å². The number of nitrogens with zero attached hydrogens (tertiary/aromatic N) is 1. The van der Waals surface area contributed by atoms with Crippen molar-refractivity contribution >= 4 is 56.5 Å². The van der Waals surface area contributed by atoms with Gasteiger partial charge in [0, 0.05) is 21.7 Å². The number of carbonyl (C=O) groups is 1. The largest absolute Gasteiger partial charge is 0.322 e. The van der Waals surface area contributed by atoms with Gasteiger partial charge in [0.05, 0.1) is 15.2 Å². The Balaban J connectivity index is 1.49. The van der Waals surface area contributed by atoms with E-state index in [9.17, 15) is 4.79 Å². The number of thiazole rings is 1. The minimum atomic E-state index is -0.168. The lowest BCUT2D eigenvalue weighted by molar-refractivity contribution is 0.102. The van der Waals surface area contributed by atoms with Gasteiger partial charge in [-0.25, -0.2) is 4.98 Å². The smallest absolute Gasteiger partial charge is 0.256 e. The predicted molar refractivity (Wildman–Crippen MR) is 142 cm³/mol. The van der Waals surface area contributed by atoms with E-state index in [0.29, 0.717) is 16.3 Å². The lowest BCUT2D eigenvalue weighted by atomic mass is 9.99. The summed E-state index contributed by atoms with van der Waals surface area (Å²) in [5.41, 5.74) is 4.94. The molecule has 0 saturated carbocycles. The second kappa shape index (κ2) is 9.40. The maximum Gasteiger partial charge on any atom is 0.256 e. The Morgan fingerprint density at radius 2 is 1.70 bits per heavy atom. The summed E-state index contributed by atoms with van der Waals surface area (Å²) in [7, 11) is 0. The fourth-order valence-corrected chi connectivity index (χ4v) is 5.36. The summed E-state index contributed by atoms with van der Waals surface area (Å²) in [6.45, 7) is 0. The van der Waals surface area contributed by atoms with Gasteiger partial charge in [0.2, 0.25) is 0 Å². The second-order valence-electron chi connectivity index (χ2n) is 7.41.